The molecule has 13 heavy (non-hydrogen) atoms. The zero-order chi connectivity index (χ0) is 9.52. The van der Waals surface area contributed by atoms with E-state index in [1.807, 2.05) is 0 Å². The minimum atomic E-state index is 0.411. The van der Waals surface area contributed by atoms with Gasteiger partial charge in [-0.15, -0.1) is 0 Å². The first kappa shape index (κ1) is 10.6. The Kier molecular flexibility index (Phi) is 4.91. The van der Waals surface area contributed by atoms with Crippen molar-refractivity contribution in [2.45, 2.75) is 38.7 Å². The van der Waals surface area contributed by atoms with Crippen molar-refractivity contribution >= 4 is 0 Å². The van der Waals surface area contributed by atoms with Crippen LogP contribution in [0.3, 0.4) is 0 Å². The quantitative estimate of drug-likeness (QED) is 0.649. The SMILES string of the molecule is COC(C)CCCN1C=CCCC1. The van der Waals surface area contributed by atoms with Crippen LogP contribution in [-0.4, -0.2) is 31.2 Å². The highest BCUT2D eigenvalue weighted by molar-refractivity contribution is 4.87. The molecule has 76 valence electrons. The van der Waals surface area contributed by atoms with Crippen molar-refractivity contribution in [3.63, 3.8) is 0 Å². The summed E-state index contributed by atoms with van der Waals surface area (Å²) in [6.07, 6.45) is 9.89. The monoisotopic (exact) mass is 183 g/mol. The van der Waals surface area contributed by atoms with E-state index in [-0.39, 0.29) is 0 Å². The predicted octanol–water partition coefficient (Wildman–Crippen LogP) is 2.41. The largest absolute Gasteiger partial charge is 0.382 e. The number of hydrogen-bond acceptors (Lipinski definition) is 2. The molecule has 0 aromatic carbocycles. The van der Waals surface area contributed by atoms with Crippen LogP contribution in [0.2, 0.25) is 0 Å². The fourth-order valence-corrected chi connectivity index (χ4v) is 1.60. The molecule has 1 unspecified atom stereocenters. The lowest BCUT2D eigenvalue weighted by atomic mass is 10.2. The molecule has 0 aliphatic carbocycles. The average molecular weight is 183 g/mol. The summed E-state index contributed by atoms with van der Waals surface area (Å²) in [5.74, 6) is 0. The van der Waals surface area contributed by atoms with Crippen LogP contribution >= 0.6 is 0 Å². The Balaban J connectivity index is 2.04. The van der Waals surface area contributed by atoms with Crippen LogP contribution in [-0.2, 0) is 4.74 Å². The first-order valence-electron chi connectivity index (χ1n) is 5.26. The van der Waals surface area contributed by atoms with Crippen molar-refractivity contribution in [1.29, 1.82) is 0 Å². The summed E-state index contributed by atoms with van der Waals surface area (Å²) in [6.45, 7) is 4.55. The Morgan fingerprint density at radius 3 is 3.00 bits per heavy atom. The highest BCUT2D eigenvalue weighted by Crippen LogP contribution is 2.08. The van der Waals surface area contributed by atoms with Crippen LogP contribution in [0.4, 0.5) is 0 Å². The molecule has 1 aliphatic heterocycles. The second-order valence-electron chi connectivity index (χ2n) is 3.75. The van der Waals surface area contributed by atoms with Gasteiger partial charge in [-0.2, -0.15) is 0 Å². The summed E-state index contributed by atoms with van der Waals surface area (Å²) in [7, 11) is 1.78. The third kappa shape index (κ3) is 4.32. The van der Waals surface area contributed by atoms with Crippen molar-refractivity contribution in [2.24, 2.45) is 0 Å². The highest BCUT2D eigenvalue weighted by atomic mass is 16.5. The Morgan fingerprint density at radius 2 is 2.38 bits per heavy atom. The molecule has 0 saturated carbocycles. The standard InChI is InChI=1S/C11H21NO/c1-11(13-2)7-6-10-12-8-4-3-5-9-12/h4,8,11H,3,5-7,9-10H2,1-2H3. The predicted molar refractivity (Wildman–Crippen MR) is 55.7 cm³/mol. The average Bonchev–Trinajstić information content (AvgIpc) is 2.19. The van der Waals surface area contributed by atoms with Crippen molar-refractivity contribution in [3.8, 4) is 0 Å². The van der Waals surface area contributed by atoms with E-state index in [0.717, 1.165) is 0 Å². The summed E-state index contributed by atoms with van der Waals surface area (Å²) in [5, 5.41) is 0. The zero-order valence-electron chi connectivity index (χ0n) is 8.83. The second kappa shape index (κ2) is 6.03. The van der Waals surface area contributed by atoms with Crippen LogP contribution in [0.1, 0.15) is 32.6 Å². The van der Waals surface area contributed by atoms with Crippen molar-refractivity contribution < 1.29 is 4.74 Å². The highest BCUT2D eigenvalue weighted by Gasteiger charge is 2.04. The molecule has 0 saturated heterocycles. The van der Waals surface area contributed by atoms with Gasteiger partial charge in [-0.25, -0.2) is 0 Å². The van der Waals surface area contributed by atoms with Crippen molar-refractivity contribution in [2.75, 3.05) is 20.2 Å². The molecule has 0 fully saturated rings. The lowest BCUT2D eigenvalue weighted by molar-refractivity contribution is 0.106. The van der Waals surface area contributed by atoms with Gasteiger partial charge in [0.05, 0.1) is 6.10 Å². The number of rotatable bonds is 5. The van der Waals surface area contributed by atoms with E-state index in [1.54, 1.807) is 7.11 Å². The smallest absolute Gasteiger partial charge is 0.0543 e. The maximum atomic E-state index is 5.20. The molecule has 0 radical (unpaired) electrons. The Bertz CT molecular complexity index is 156. The molecule has 0 aromatic rings. The number of methoxy groups -OCH3 is 1. The van der Waals surface area contributed by atoms with E-state index in [9.17, 15) is 0 Å². The van der Waals surface area contributed by atoms with Gasteiger partial charge in [0, 0.05) is 20.2 Å². The van der Waals surface area contributed by atoms with Gasteiger partial charge in [0.2, 0.25) is 0 Å². The van der Waals surface area contributed by atoms with Crippen LogP contribution in [0, 0.1) is 0 Å². The summed E-state index contributed by atoms with van der Waals surface area (Å²) in [4.78, 5) is 2.41. The molecule has 1 aliphatic rings. The van der Waals surface area contributed by atoms with Crippen LogP contribution in [0.25, 0.3) is 0 Å². The van der Waals surface area contributed by atoms with E-state index < -0.39 is 0 Å². The number of allylic oxidation sites excluding steroid dienone is 1. The van der Waals surface area contributed by atoms with Gasteiger partial charge in [-0.3, -0.25) is 0 Å². The van der Waals surface area contributed by atoms with Gasteiger partial charge < -0.3 is 9.64 Å². The van der Waals surface area contributed by atoms with Gasteiger partial charge in [0.15, 0.2) is 0 Å². The number of nitrogens with zero attached hydrogens (tertiary/aromatic N) is 1. The minimum Gasteiger partial charge on any atom is -0.382 e. The first-order chi connectivity index (χ1) is 6.33. The molecule has 2 nitrogen and oxygen atoms in total. The topological polar surface area (TPSA) is 12.5 Å². The summed E-state index contributed by atoms with van der Waals surface area (Å²) >= 11 is 0. The third-order valence-electron chi connectivity index (χ3n) is 2.59. The Labute approximate surface area is 81.6 Å². The van der Waals surface area contributed by atoms with E-state index in [4.69, 9.17) is 4.74 Å². The minimum absolute atomic E-state index is 0.411. The molecule has 0 N–H and O–H groups in total. The Morgan fingerprint density at radius 1 is 1.54 bits per heavy atom. The zero-order valence-corrected chi connectivity index (χ0v) is 8.83. The molecule has 1 atom stereocenters. The molecule has 0 amide bonds. The van der Waals surface area contributed by atoms with Gasteiger partial charge in [-0.05, 0) is 38.8 Å². The third-order valence-corrected chi connectivity index (χ3v) is 2.59. The number of hydrogen-bond donors (Lipinski definition) is 0. The van der Waals surface area contributed by atoms with E-state index in [1.165, 1.54) is 38.8 Å². The van der Waals surface area contributed by atoms with Crippen LogP contribution < -0.4 is 0 Å². The van der Waals surface area contributed by atoms with E-state index >= 15 is 0 Å². The van der Waals surface area contributed by atoms with Crippen LogP contribution in [0.15, 0.2) is 12.3 Å². The summed E-state index contributed by atoms with van der Waals surface area (Å²) in [6, 6.07) is 0. The molecule has 1 rings (SSSR count). The van der Waals surface area contributed by atoms with Gasteiger partial charge in [0.25, 0.3) is 0 Å². The molecule has 0 aromatic heterocycles. The lowest BCUT2D eigenvalue weighted by Crippen LogP contribution is -2.23. The normalized spacial score (nSPS) is 19.1. The summed E-state index contributed by atoms with van der Waals surface area (Å²) in [5.41, 5.74) is 0. The molecular weight excluding hydrogens is 162 g/mol. The fourth-order valence-electron chi connectivity index (χ4n) is 1.60. The van der Waals surface area contributed by atoms with Gasteiger partial charge >= 0.3 is 0 Å². The molecule has 2 heteroatoms. The maximum Gasteiger partial charge on any atom is 0.0543 e. The van der Waals surface area contributed by atoms with E-state index in [2.05, 4.69) is 24.1 Å². The first-order valence-corrected chi connectivity index (χ1v) is 5.26. The van der Waals surface area contributed by atoms with Crippen molar-refractivity contribution in [3.05, 3.63) is 12.3 Å². The number of ether oxygens (including phenoxy) is 1. The molecule has 0 spiro atoms. The van der Waals surface area contributed by atoms with Crippen molar-refractivity contribution in [1.82, 2.24) is 4.90 Å². The Hall–Kier alpha value is -0.500. The maximum absolute atomic E-state index is 5.20. The molecule has 1 heterocycles. The van der Waals surface area contributed by atoms with E-state index in [0.29, 0.717) is 6.10 Å². The van der Waals surface area contributed by atoms with Gasteiger partial charge in [-0.1, -0.05) is 6.08 Å². The van der Waals surface area contributed by atoms with Crippen LogP contribution in [0.5, 0.6) is 0 Å². The summed E-state index contributed by atoms with van der Waals surface area (Å²) < 4.78 is 5.20. The fraction of sp³-hybridized carbons (Fsp3) is 0.818. The second-order valence-corrected chi connectivity index (χ2v) is 3.75. The molecular formula is C11H21NO. The lowest BCUT2D eigenvalue weighted by Gasteiger charge is -2.23. The molecule has 0 bridgehead atoms. The van der Waals surface area contributed by atoms with Gasteiger partial charge in [0.1, 0.15) is 0 Å².